The van der Waals surface area contributed by atoms with E-state index in [0.717, 1.165) is 11.1 Å². The molecule has 0 radical (unpaired) electrons. The summed E-state index contributed by atoms with van der Waals surface area (Å²) in [5, 5.41) is 9.14. The number of pyridine rings is 1. The Morgan fingerprint density at radius 3 is 2.58 bits per heavy atom. The number of ether oxygens (including phenoxy) is 1. The summed E-state index contributed by atoms with van der Waals surface area (Å²) < 4.78 is 5.67. The number of carboxylic acid groups (broad SMARTS) is 1. The Balaban J connectivity index is 2.45. The molecule has 0 aliphatic carbocycles. The van der Waals surface area contributed by atoms with E-state index in [1.165, 1.54) is 6.07 Å². The molecule has 1 heterocycles. The van der Waals surface area contributed by atoms with E-state index in [-0.39, 0.29) is 11.4 Å². The first kappa shape index (κ1) is 13.1. The van der Waals surface area contributed by atoms with Crippen LogP contribution in [0.25, 0.3) is 0 Å². The third-order valence-electron chi connectivity index (χ3n) is 2.99. The molecule has 0 unspecified atom stereocenters. The Morgan fingerprint density at radius 1 is 1.16 bits per heavy atom. The fraction of sp³-hybridized carbons (Fsp3) is 0.200. The summed E-state index contributed by atoms with van der Waals surface area (Å²) in [7, 11) is 0. The van der Waals surface area contributed by atoms with Crippen LogP contribution in [0.1, 0.15) is 27.2 Å². The number of hydrogen-bond donors (Lipinski definition) is 1. The van der Waals surface area contributed by atoms with E-state index in [1.807, 2.05) is 26.0 Å². The highest BCUT2D eigenvalue weighted by Crippen LogP contribution is 2.28. The Labute approximate surface area is 111 Å². The first-order valence-electron chi connectivity index (χ1n) is 5.94. The van der Waals surface area contributed by atoms with Crippen molar-refractivity contribution in [3.05, 3.63) is 52.7 Å². The van der Waals surface area contributed by atoms with Gasteiger partial charge >= 0.3 is 5.97 Å². The normalized spacial score (nSPS) is 10.3. The first-order valence-corrected chi connectivity index (χ1v) is 5.94. The van der Waals surface area contributed by atoms with Gasteiger partial charge in [-0.2, -0.15) is 0 Å². The van der Waals surface area contributed by atoms with Crippen molar-refractivity contribution in [3.63, 3.8) is 0 Å². The molecule has 1 N–H and O–H groups in total. The molecule has 98 valence electrons. The number of nitrogens with zero attached hydrogens (tertiary/aromatic N) is 1. The maximum absolute atomic E-state index is 11.2. The van der Waals surface area contributed by atoms with E-state index in [2.05, 4.69) is 4.98 Å². The highest BCUT2D eigenvalue weighted by molar-refractivity contribution is 5.90. The number of aromatic carboxylic acids is 1. The van der Waals surface area contributed by atoms with Crippen LogP contribution in [0.4, 0.5) is 0 Å². The molecule has 1 aromatic heterocycles. The van der Waals surface area contributed by atoms with Gasteiger partial charge in [-0.15, -0.1) is 0 Å². The van der Waals surface area contributed by atoms with Crippen molar-refractivity contribution in [3.8, 4) is 11.6 Å². The fourth-order valence-corrected chi connectivity index (χ4v) is 1.71. The van der Waals surface area contributed by atoms with Gasteiger partial charge in [-0.05, 0) is 50.1 Å². The van der Waals surface area contributed by atoms with Crippen LogP contribution >= 0.6 is 0 Å². The van der Waals surface area contributed by atoms with Crippen molar-refractivity contribution in [1.82, 2.24) is 4.98 Å². The van der Waals surface area contributed by atoms with E-state index < -0.39 is 5.97 Å². The Kier molecular flexibility index (Phi) is 3.51. The first-order chi connectivity index (χ1) is 8.99. The van der Waals surface area contributed by atoms with E-state index in [0.29, 0.717) is 11.4 Å². The molecule has 0 aliphatic heterocycles. The van der Waals surface area contributed by atoms with Crippen molar-refractivity contribution in [2.75, 3.05) is 0 Å². The maximum atomic E-state index is 11.2. The smallest absolute Gasteiger partial charge is 0.341 e. The molecule has 2 aromatic rings. The van der Waals surface area contributed by atoms with Crippen molar-refractivity contribution < 1.29 is 14.6 Å². The molecule has 4 nitrogen and oxygen atoms in total. The lowest BCUT2D eigenvalue weighted by Crippen LogP contribution is -2.03. The van der Waals surface area contributed by atoms with Crippen molar-refractivity contribution >= 4 is 5.97 Å². The Morgan fingerprint density at radius 2 is 1.89 bits per heavy atom. The number of hydrogen-bond acceptors (Lipinski definition) is 3. The third kappa shape index (κ3) is 2.73. The number of carboxylic acids is 1. The predicted octanol–water partition coefficient (Wildman–Crippen LogP) is 3.50. The quantitative estimate of drug-likeness (QED) is 0.914. The fourth-order valence-electron chi connectivity index (χ4n) is 1.71. The van der Waals surface area contributed by atoms with Gasteiger partial charge in [0.1, 0.15) is 11.3 Å². The summed E-state index contributed by atoms with van der Waals surface area (Å²) in [6.07, 6.45) is 0. The van der Waals surface area contributed by atoms with Gasteiger partial charge in [0.05, 0.1) is 0 Å². The topological polar surface area (TPSA) is 59.4 Å². The molecule has 0 saturated carbocycles. The van der Waals surface area contributed by atoms with Crippen LogP contribution in [0.15, 0.2) is 30.3 Å². The van der Waals surface area contributed by atoms with Crippen LogP contribution < -0.4 is 4.74 Å². The minimum Gasteiger partial charge on any atom is -0.477 e. The van der Waals surface area contributed by atoms with Gasteiger partial charge in [-0.1, -0.05) is 12.1 Å². The maximum Gasteiger partial charge on any atom is 0.341 e. The number of aryl methyl sites for hydroxylation is 2. The minimum absolute atomic E-state index is 0.0616. The average molecular weight is 257 g/mol. The van der Waals surface area contributed by atoms with Gasteiger partial charge in [0.25, 0.3) is 0 Å². The second-order valence-electron chi connectivity index (χ2n) is 4.41. The summed E-state index contributed by atoms with van der Waals surface area (Å²) in [6, 6.07) is 8.81. The SMILES string of the molecule is Cc1ccc(C(=O)O)c(Oc2cccc(C)c2C)n1. The summed E-state index contributed by atoms with van der Waals surface area (Å²) in [5.41, 5.74) is 2.83. The zero-order valence-electron chi connectivity index (χ0n) is 11.1. The molecule has 0 saturated heterocycles. The molecule has 0 atom stereocenters. The molecule has 4 heteroatoms. The van der Waals surface area contributed by atoms with Crippen molar-refractivity contribution in [1.29, 1.82) is 0 Å². The van der Waals surface area contributed by atoms with Crippen LogP contribution in [0.5, 0.6) is 11.6 Å². The van der Waals surface area contributed by atoms with E-state index in [4.69, 9.17) is 9.84 Å². The zero-order chi connectivity index (χ0) is 14.0. The van der Waals surface area contributed by atoms with E-state index >= 15 is 0 Å². The second-order valence-corrected chi connectivity index (χ2v) is 4.41. The van der Waals surface area contributed by atoms with Gasteiger partial charge in [-0.25, -0.2) is 9.78 Å². The van der Waals surface area contributed by atoms with Gasteiger partial charge in [0.15, 0.2) is 0 Å². The second kappa shape index (κ2) is 5.10. The number of rotatable bonds is 3. The Bertz CT molecular complexity index is 635. The molecular weight excluding hydrogens is 242 g/mol. The van der Waals surface area contributed by atoms with Gasteiger partial charge in [-0.3, -0.25) is 0 Å². The lowest BCUT2D eigenvalue weighted by Gasteiger charge is -2.11. The summed E-state index contributed by atoms with van der Waals surface area (Å²) in [5.74, 6) is -0.297. The number of aromatic nitrogens is 1. The average Bonchev–Trinajstić information content (AvgIpc) is 2.35. The van der Waals surface area contributed by atoms with E-state index in [1.54, 1.807) is 19.1 Å². The molecule has 0 fully saturated rings. The van der Waals surface area contributed by atoms with Crippen LogP contribution in [0, 0.1) is 20.8 Å². The monoisotopic (exact) mass is 257 g/mol. The van der Waals surface area contributed by atoms with Crippen molar-refractivity contribution in [2.24, 2.45) is 0 Å². The van der Waals surface area contributed by atoms with Gasteiger partial charge in [0.2, 0.25) is 5.88 Å². The van der Waals surface area contributed by atoms with Gasteiger partial charge < -0.3 is 9.84 Å². The number of benzene rings is 1. The lowest BCUT2D eigenvalue weighted by atomic mass is 10.1. The molecule has 0 spiro atoms. The van der Waals surface area contributed by atoms with Crippen molar-refractivity contribution in [2.45, 2.75) is 20.8 Å². The van der Waals surface area contributed by atoms with Crippen LogP contribution in [0.2, 0.25) is 0 Å². The van der Waals surface area contributed by atoms with Crippen LogP contribution in [-0.2, 0) is 0 Å². The third-order valence-corrected chi connectivity index (χ3v) is 2.99. The standard InChI is InChI=1S/C15H15NO3/c1-9-5-4-6-13(11(9)3)19-14-12(15(17)18)8-7-10(2)16-14/h4-8H,1-3H3,(H,17,18). The molecule has 0 aliphatic rings. The Hall–Kier alpha value is -2.36. The van der Waals surface area contributed by atoms with Crippen LogP contribution in [-0.4, -0.2) is 16.1 Å². The largest absolute Gasteiger partial charge is 0.477 e. The zero-order valence-corrected chi connectivity index (χ0v) is 11.1. The highest BCUT2D eigenvalue weighted by Gasteiger charge is 2.15. The summed E-state index contributed by atoms with van der Waals surface area (Å²) in [4.78, 5) is 15.3. The minimum atomic E-state index is -1.05. The molecular formula is C15H15NO3. The molecule has 1 aromatic carbocycles. The van der Waals surface area contributed by atoms with E-state index in [9.17, 15) is 4.79 Å². The molecule has 0 amide bonds. The molecule has 0 bridgehead atoms. The summed E-state index contributed by atoms with van der Waals surface area (Å²) >= 11 is 0. The lowest BCUT2D eigenvalue weighted by molar-refractivity contribution is 0.0693. The molecule has 2 rings (SSSR count). The molecule has 19 heavy (non-hydrogen) atoms. The van der Waals surface area contributed by atoms with Gasteiger partial charge in [0, 0.05) is 5.69 Å². The highest BCUT2D eigenvalue weighted by atomic mass is 16.5. The number of carbonyl (C=O) groups is 1. The predicted molar refractivity (Wildman–Crippen MR) is 71.9 cm³/mol. The summed E-state index contributed by atoms with van der Waals surface area (Å²) in [6.45, 7) is 5.70. The van der Waals surface area contributed by atoms with Crippen LogP contribution in [0.3, 0.4) is 0 Å².